The lowest BCUT2D eigenvalue weighted by atomic mass is 10.1. The van der Waals surface area contributed by atoms with Crippen molar-refractivity contribution in [2.45, 2.75) is 24.6 Å². The van der Waals surface area contributed by atoms with E-state index >= 15 is 0 Å². The van der Waals surface area contributed by atoms with E-state index in [-0.39, 0.29) is 16.7 Å². The van der Waals surface area contributed by atoms with Crippen molar-refractivity contribution in [3.63, 3.8) is 0 Å². The van der Waals surface area contributed by atoms with Crippen molar-refractivity contribution in [1.82, 2.24) is 10.2 Å². The minimum absolute atomic E-state index is 0.100. The van der Waals surface area contributed by atoms with E-state index in [0.29, 0.717) is 6.67 Å². The van der Waals surface area contributed by atoms with Crippen LogP contribution in [0.3, 0.4) is 0 Å². The van der Waals surface area contributed by atoms with Crippen LogP contribution in [0, 0.1) is 0 Å². The van der Waals surface area contributed by atoms with Crippen LogP contribution in [0.15, 0.2) is 30.3 Å². The molecule has 0 saturated carbocycles. The summed E-state index contributed by atoms with van der Waals surface area (Å²) in [7, 11) is 0. The van der Waals surface area contributed by atoms with Gasteiger partial charge in [0.25, 0.3) is 0 Å². The van der Waals surface area contributed by atoms with Gasteiger partial charge in [-0.15, -0.1) is 0 Å². The van der Waals surface area contributed by atoms with Crippen molar-refractivity contribution in [3.8, 4) is 0 Å². The zero-order valence-corrected chi connectivity index (χ0v) is 12.0. The number of rotatable bonds is 4. The molecule has 1 saturated heterocycles. The normalized spacial score (nSPS) is 20.5. The van der Waals surface area contributed by atoms with Crippen molar-refractivity contribution in [3.05, 3.63) is 35.9 Å². The second-order valence-electron chi connectivity index (χ2n) is 5.21. The molecule has 0 aliphatic carbocycles. The minimum atomic E-state index is -0.177. The predicted octanol–water partition coefficient (Wildman–Crippen LogP) is 2.26. The van der Waals surface area contributed by atoms with Crippen LogP contribution in [0.2, 0.25) is 0 Å². The maximum atomic E-state index is 12.4. The van der Waals surface area contributed by atoms with E-state index in [1.54, 1.807) is 11.8 Å². The van der Waals surface area contributed by atoms with E-state index in [1.165, 1.54) is 0 Å². The Bertz CT molecular complexity index is 419. The molecular formula is C14H20N2OS. The number of hydrogen-bond acceptors (Lipinski definition) is 3. The molecule has 0 bridgehead atoms. The van der Waals surface area contributed by atoms with Crippen LogP contribution in [-0.4, -0.2) is 35.0 Å². The third-order valence-corrected chi connectivity index (χ3v) is 4.54. The second-order valence-corrected chi connectivity index (χ2v) is 6.72. The number of carbonyl (C=O) groups is 1. The van der Waals surface area contributed by atoms with E-state index in [2.05, 4.69) is 25.4 Å². The topological polar surface area (TPSA) is 32.3 Å². The molecule has 1 aliphatic heterocycles. The Hall–Kier alpha value is -1.00. The van der Waals surface area contributed by atoms with Gasteiger partial charge in [0.2, 0.25) is 5.91 Å². The lowest BCUT2D eigenvalue weighted by Gasteiger charge is -2.28. The average molecular weight is 264 g/mol. The first kappa shape index (κ1) is 13.4. The number of carbonyl (C=O) groups excluding carboxylic acids is 1. The highest BCUT2D eigenvalue weighted by Crippen LogP contribution is 2.26. The van der Waals surface area contributed by atoms with Crippen LogP contribution in [0.5, 0.6) is 0 Å². The predicted molar refractivity (Wildman–Crippen MR) is 76.5 cm³/mol. The molecule has 0 aromatic heterocycles. The molecule has 0 spiro atoms. The molecule has 98 valence electrons. The number of nitrogens with one attached hydrogen (secondary N) is 1. The highest BCUT2D eigenvalue weighted by Gasteiger charge is 2.34. The van der Waals surface area contributed by atoms with E-state index in [9.17, 15) is 4.79 Å². The highest BCUT2D eigenvalue weighted by molar-refractivity contribution is 7.99. The quantitative estimate of drug-likeness (QED) is 0.905. The van der Waals surface area contributed by atoms with Gasteiger partial charge >= 0.3 is 0 Å². The second kappa shape index (κ2) is 5.33. The Kier molecular flexibility index (Phi) is 3.97. The number of thioether (sulfide) groups is 1. The van der Waals surface area contributed by atoms with Crippen molar-refractivity contribution >= 4 is 17.7 Å². The summed E-state index contributed by atoms with van der Waals surface area (Å²) in [6.45, 7) is 5.76. The Morgan fingerprint density at radius 1 is 1.39 bits per heavy atom. The Morgan fingerprint density at radius 3 is 2.67 bits per heavy atom. The molecule has 1 aromatic rings. The fourth-order valence-electron chi connectivity index (χ4n) is 2.11. The molecule has 4 heteroatoms. The van der Waals surface area contributed by atoms with Crippen molar-refractivity contribution < 1.29 is 4.79 Å². The van der Waals surface area contributed by atoms with Gasteiger partial charge in [0, 0.05) is 11.3 Å². The minimum Gasteiger partial charge on any atom is -0.327 e. The molecule has 1 amide bonds. The van der Waals surface area contributed by atoms with Gasteiger partial charge in [-0.05, 0) is 25.7 Å². The van der Waals surface area contributed by atoms with E-state index in [0.717, 1.165) is 12.1 Å². The number of amides is 1. The van der Waals surface area contributed by atoms with Crippen LogP contribution in [0.4, 0.5) is 0 Å². The summed E-state index contributed by atoms with van der Waals surface area (Å²) in [6.07, 6.45) is 2.09. The summed E-state index contributed by atoms with van der Waals surface area (Å²) in [6, 6.07) is 9.73. The monoisotopic (exact) mass is 264 g/mol. The summed E-state index contributed by atoms with van der Waals surface area (Å²) in [4.78, 5) is 14.3. The number of nitrogens with zero attached hydrogens (tertiary/aromatic N) is 1. The standard InChI is InChI=1S/C14H20N2OS/c1-14(2,18-3)9-16-10-15-12(13(16)17)11-7-5-4-6-8-11/h4-8,12,15H,9-10H2,1-3H3. The maximum absolute atomic E-state index is 12.4. The van der Waals surface area contributed by atoms with Crippen LogP contribution in [0.1, 0.15) is 25.5 Å². The summed E-state index contributed by atoms with van der Waals surface area (Å²) in [5.41, 5.74) is 1.05. The Morgan fingerprint density at radius 2 is 2.06 bits per heavy atom. The van der Waals surface area contributed by atoms with E-state index in [1.807, 2.05) is 35.2 Å². The molecule has 1 unspecified atom stereocenters. The summed E-state index contributed by atoms with van der Waals surface area (Å²) in [5, 5.41) is 3.29. The van der Waals surface area contributed by atoms with Gasteiger partial charge < -0.3 is 4.90 Å². The summed E-state index contributed by atoms with van der Waals surface area (Å²) >= 11 is 1.79. The van der Waals surface area contributed by atoms with Crippen molar-refractivity contribution in [1.29, 1.82) is 0 Å². The van der Waals surface area contributed by atoms with Gasteiger partial charge in [0.15, 0.2) is 0 Å². The highest BCUT2D eigenvalue weighted by atomic mass is 32.2. The van der Waals surface area contributed by atoms with Crippen LogP contribution < -0.4 is 5.32 Å². The molecule has 3 nitrogen and oxygen atoms in total. The maximum Gasteiger partial charge on any atom is 0.245 e. The molecule has 18 heavy (non-hydrogen) atoms. The summed E-state index contributed by atoms with van der Waals surface area (Å²) < 4.78 is 0.100. The number of benzene rings is 1. The smallest absolute Gasteiger partial charge is 0.245 e. The Balaban J connectivity index is 2.06. The molecule has 2 rings (SSSR count). The fraction of sp³-hybridized carbons (Fsp3) is 0.500. The third kappa shape index (κ3) is 2.87. The van der Waals surface area contributed by atoms with Gasteiger partial charge in [-0.2, -0.15) is 11.8 Å². The fourth-order valence-corrected chi connectivity index (χ4v) is 2.40. The van der Waals surface area contributed by atoms with Crippen LogP contribution in [0.25, 0.3) is 0 Å². The molecule has 1 N–H and O–H groups in total. The zero-order chi connectivity index (χ0) is 13.2. The molecule has 0 radical (unpaired) electrons. The third-order valence-electron chi connectivity index (χ3n) is 3.30. The molecule has 1 atom stereocenters. The van der Waals surface area contributed by atoms with Gasteiger partial charge in [0.05, 0.1) is 6.67 Å². The first-order valence-corrected chi connectivity index (χ1v) is 7.38. The summed E-state index contributed by atoms with van der Waals surface area (Å²) in [5.74, 6) is 0.184. The van der Waals surface area contributed by atoms with Gasteiger partial charge in [-0.1, -0.05) is 30.3 Å². The van der Waals surface area contributed by atoms with Crippen molar-refractivity contribution in [2.75, 3.05) is 19.5 Å². The van der Waals surface area contributed by atoms with Crippen molar-refractivity contribution in [2.24, 2.45) is 0 Å². The largest absolute Gasteiger partial charge is 0.327 e. The van der Waals surface area contributed by atoms with E-state index < -0.39 is 0 Å². The first-order chi connectivity index (χ1) is 8.53. The molecule has 1 aromatic carbocycles. The number of hydrogen-bond donors (Lipinski definition) is 1. The molecule has 1 aliphatic rings. The van der Waals surface area contributed by atoms with E-state index in [4.69, 9.17) is 0 Å². The van der Waals surface area contributed by atoms with Gasteiger partial charge in [-0.25, -0.2) is 0 Å². The average Bonchev–Trinajstić information content (AvgIpc) is 2.72. The SMILES string of the molecule is CSC(C)(C)CN1CNC(c2ccccc2)C1=O. The lowest BCUT2D eigenvalue weighted by Crippen LogP contribution is -2.38. The van der Waals surface area contributed by atoms with Gasteiger partial charge in [0.1, 0.15) is 6.04 Å². The lowest BCUT2D eigenvalue weighted by molar-refractivity contribution is -0.129. The first-order valence-electron chi connectivity index (χ1n) is 6.16. The zero-order valence-electron chi connectivity index (χ0n) is 11.1. The Labute approximate surface area is 113 Å². The molecule has 1 fully saturated rings. The molecular weight excluding hydrogens is 244 g/mol. The van der Waals surface area contributed by atoms with Crippen LogP contribution in [-0.2, 0) is 4.79 Å². The van der Waals surface area contributed by atoms with Gasteiger partial charge in [-0.3, -0.25) is 10.1 Å². The van der Waals surface area contributed by atoms with Crippen LogP contribution >= 0.6 is 11.8 Å². The molecule has 1 heterocycles.